The molecule has 1 aliphatic rings. The molecule has 0 spiro atoms. The third-order valence-electron chi connectivity index (χ3n) is 5.43. The molecule has 0 bridgehead atoms. The van der Waals surface area contributed by atoms with Gasteiger partial charge in [0.1, 0.15) is 17.0 Å². The van der Waals surface area contributed by atoms with Crippen molar-refractivity contribution < 1.29 is 24.5 Å². The smallest absolute Gasteiger partial charge is 0.314 e. The van der Waals surface area contributed by atoms with Crippen LogP contribution in [0.15, 0.2) is 42.6 Å². The maximum atomic E-state index is 13.1. The Morgan fingerprint density at radius 3 is 2.83 bits per heavy atom. The van der Waals surface area contributed by atoms with E-state index in [2.05, 4.69) is 10.3 Å². The van der Waals surface area contributed by atoms with Crippen molar-refractivity contribution in [1.82, 2.24) is 9.88 Å². The van der Waals surface area contributed by atoms with Crippen molar-refractivity contribution in [3.8, 4) is 5.75 Å². The zero-order valence-electron chi connectivity index (χ0n) is 16.5. The summed E-state index contributed by atoms with van der Waals surface area (Å²) >= 11 is 0. The molecule has 1 aromatic carbocycles. The highest BCUT2D eigenvalue weighted by molar-refractivity contribution is 5.99. The number of hydrogen-bond acceptors (Lipinski definition) is 6. The average molecular weight is 399 g/mol. The molecule has 2 heterocycles. The van der Waals surface area contributed by atoms with Crippen molar-refractivity contribution in [2.45, 2.75) is 18.9 Å². The quantitative estimate of drug-likeness (QED) is 0.677. The monoisotopic (exact) mass is 399 g/mol. The lowest BCUT2D eigenvalue weighted by atomic mass is 9.72. The summed E-state index contributed by atoms with van der Waals surface area (Å²) in [6.07, 6.45) is 0.758. The summed E-state index contributed by atoms with van der Waals surface area (Å²) in [4.78, 5) is 31.1. The summed E-state index contributed by atoms with van der Waals surface area (Å²) in [5.41, 5.74) is -0.424. The van der Waals surface area contributed by atoms with Gasteiger partial charge in [0.05, 0.1) is 18.8 Å². The number of carbonyl (C=O) groups excluding carboxylic acids is 1. The molecule has 3 N–H and O–H groups in total. The molecule has 2 atom stereocenters. The molecule has 2 aromatic rings. The first-order chi connectivity index (χ1) is 13.9. The molecule has 1 fully saturated rings. The number of pyridine rings is 1. The van der Waals surface area contributed by atoms with Crippen LogP contribution in [-0.2, 0) is 11.2 Å². The lowest BCUT2D eigenvalue weighted by molar-refractivity contribution is -0.161. The van der Waals surface area contributed by atoms with Gasteiger partial charge in [-0.3, -0.25) is 9.59 Å². The van der Waals surface area contributed by atoms with Crippen molar-refractivity contribution in [3.05, 3.63) is 53.7 Å². The molecule has 1 aliphatic heterocycles. The topological polar surface area (TPSA) is 112 Å². The highest BCUT2D eigenvalue weighted by atomic mass is 16.5. The molecule has 0 unspecified atom stereocenters. The van der Waals surface area contributed by atoms with E-state index in [0.717, 1.165) is 5.56 Å². The second-order valence-corrected chi connectivity index (χ2v) is 7.17. The van der Waals surface area contributed by atoms with Crippen LogP contribution in [0.1, 0.15) is 22.3 Å². The number of aliphatic hydroxyl groups is 1. The molecule has 1 saturated heterocycles. The van der Waals surface area contributed by atoms with Crippen LogP contribution in [0.25, 0.3) is 0 Å². The van der Waals surface area contributed by atoms with Crippen LogP contribution >= 0.6 is 0 Å². The lowest BCUT2D eigenvalue weighted by Crippen LogP contribution is -2.58. The van der Waals surface area contributed by atoms with E-state index in [-0.39, 0.29) is 31.8 Å². The Kier molecular flexibility index (Phi) is 6.03. The summed E-state index contributed by atoms with van der Waals surface area (Å²) in [6, 6.07) is 10.4. The van der Waals surface area contributed by atoms with Gasteiger partial charge in [-0.1, -0.05) is 12.1 Å². The van der Waals surface area contributed by atoms with E-state index in [1.165, 1.54) is 12.0 Å². The number of amides is 1. The molecule has 0 aliphatic carbocycles. The molecular formula is C21H25N3O5. The minimum absolute atomic E-state index is 0.0798. The van der Waals surface area contributed by atoms with Crippen molar-refractivity contribution in [1.29, 1.82) is 0 Å². The van der Waals surface area contributed by atoms with E-state index in [9.17, 15) is 19.8 Å². The first-order valence-corrected chi connectivity index (χ1v) is 9.37. The number of likely N-dealkylation sites (tertiary alicyclic amines) is 1. The molecule has 1 aromatic heterocycles. The predicted molar refractivity (Wildman–Crippen MR) is 107 cm³/mol. The van der Waals surface area contributed by atoms with Gasteiger partial charge in [0.2, 0.25) is 0 Å². The second kappa shape index (κ2) is 8.48. The zero-order chi connectivity index (χ0) is 21.0. The van der Waals surface area contributed by atoms with Crippen LogP contribution in [0.5, 0.6) is 5.75 Å². The highest BCUT2D eigenvalue weighted by Gasteiger charge is 2.50. The highest BCUT2D eigenvalue weighted by Crippen LogP contribution is 2.36. The number of benzene rings is 1. The number of carboxylic acids is 1. The van der Waals surface area contributed by atoms with Crippen LogP contribution in [0.2, 0.25) is 0 Å². The second-order valence-electron chi connectivity index (χ2n) is 7.17. The SMILES string of the molecule is CNc1ncccc1C(=O)N1CC[C@@H](O)[C@](Cc2cccc(OC)c2)(C(=O)O)C1. The number of rotatable bonds is 6. The van der Waals surface area contributed by atoms with Crippen molar-refractivity contribution in [3.63, 3.8) is 0 Å². The number of methoxy groups -OCH3 is 1. The fourth-order valence-electron chi connectivity index (χ4n) is 3.81. The summed E-state index contributed by atoms with van der Waals surface area (Å²) in [5.74, 6) is -0.413. The Hall–Kier alpha value is -3.13. The maximum absolute atomic E-state index is 13.1. The van der Waals surface area contributed by atoms with Gasteiger partial charge in [-0.15, -0.1) is 0 Å². The van der Waals surface area contributed by atoms with E-state index in [4.69, 9.17) is 4.74 Å². The van der Waals surface area contributed by atoms with Gasteiger partial charge in [0, 0.05) is 26.3 Å². The van der Waals surface area contributed by atoms with E-state index in [0.29, 0.717) is 17.1 Å². The summed E-state index contributed by atoms with van der Waals surface area (Å²) < 4.78 is 5.22. The zero-order valence-corrected chi connectivity index (χ0v) is 16.5. The van der Waals surface area contributed by atoms with Crippen molar-refractivity contribution in [2.24, 2.45) is 5.41 Å². The Morgan fingerprint density at radius 2 is 2.14 bits per heavy atom. The van der Waals surface area contributed by atoms with E-state index in [1.54, 1.807) is 49.6 Å². The molecule has 154 valence electrons. The number of carboxylic acid groups (broad SMARTS) is 1. The number of aromatic nitrogens is 1. The van der Waals surface area contributed by atoms with Gasteiger partial charge < -0.3 is 25.2 Å². The maximum Gasteiger partial charge on any atom is 0.314 e. The van der Waals surface area contributed by atoms with Gasteiger partial charge in [0.15, 0.2) is 0 Å². The van der Waals surface area contributed by atoms with Crippen LogP contribution in [0.4, 0.5) is 5.82 Å². The first kappa shape index (κ1) is 20.6. The Bertz CT molecular complexity index is 903. The van der Waals surface area contributed by atoms with Gasteiger partial charge >= 0.3 is 5.97 Å². The van der Waals surface area contributed by atoms with Gasteiger partial charge in [-0.2, -0.15) is 0 Å². The van der Waals surface area contributed by atoms with Gasteiger partial charge in [-0.25, -0.2) is 4.98 Å². The van der Waals surface area contributed by atoms with E-state index >= 15 is 0 Å². The number of piperidine rings is 1. The minimum atomic E-state index is -1.51. The minimum Gasteiger partial charge on any atom is -0.497 e. The Balaban J connectivity index is 1.92. The molecule has 0 saturated carbocycles. The summed E-state index contributed by atoms with van der Waals surface area (Å²) in [7, 11) is 3.21. The van der Waals surface area contributed by atoms with Gasteiger partial charge in [0.25, 0.3) is 5.91 Å². The first-order valence-electron chi connectivity index (χ1n) is 9.37. The summed E-state index contributed by atoms with van der Waals surface area (Å²) in [6.45, 7) is 0.169. The van der Waals surface area contributed by atoms with Crippen LogP contribution < -0.4 is 10.1 Å². The predicted octanol–water partition coefficient (Wildman–Crippen LogP) is 1.65. The van der Waals surface area contributed by atoms with Crippen LogP contribution in [0, 0.1) is 5.41 Å². The number of nitrogens with zero attached hydrogens (tertiary/aromatic N) is 2. The number of aliphatic carboxylic acids is 1. The average Bonchev–Trinajstić information content (AvgIpc) is 2.74. The lowest BCUT2D eigenvalue weighted by Gasteiger charge is -2.43. The number of carbonyl (C=O) groups is 2. The van der Waals surface area contributed by atoms with Gasteiger partial charge in [-0.05, 0) is 42.7 Å². The fraction of sp³-hybridized carbons (Fsp3) is 0.381. The molecule has 29 heavy (non-hydrogen) atoms. The number of aliphatic hydroxyl groups excluding tert-OH is 1. The number of ether oxygens (including phenoxy) is 1. The van der Waals surface area contributed by atoms with Crippen molar-refractivity contribution >= 4 is 17.7 Å². The molecule has 8 nitrogen and oxygen atoms in total. The Labute approximate surface area is 169 Å². The number of anilines is 1. The molecule has 8 heteroatoms. The third-order valence-corrected chi connectivity index (χ3v) is 5.43. The number of hydrogen-bond donors (Lipinski definition) is 3. The normalized spacial score (nSPS) is 21.5. The molecule has 0 radical (unpaired) electrons. The largest absolute Gasteiger partial charge is 0.497 e. The fourth-order valence-corrected chi connectivity index (χ4v) is 3.81. The Morgan fingerprint density at radius 1 is 1.34 bits per heavy atom. The van der Waals surface area contributed by atoms with Crippen LogP contribution in [0.3, 0.4) is 0 Å². The summed E-state index contributed by atoms with van der Waals surface area (Å²) in [5, 5.41) is 23.6. The van der Waals surface area contributed by atoms with E-state index in [1.807, 2.05) is 0 Å². The standard InChI is InChI=1S/C21H25N3O5/c1-22-18-16(7-4-9-23-18)19(26)24-10-8-17(25)21(13-24,20(27)28)12-14-5-3-6-15(11-14)29-2/h3-7,9,11,17,25H,8,10,12-13H2,1-2H3,(H,22,23)(H,27,28)/t17-,21-/m1/s1. The number of nitrogens with one attached hydrogen (secondary N) is 1. The van der Waals surface area contributed by atoms with Crippen molar-refractivity contribution in [2.75, 3.05) is 32.6 Å². The van der Waals surface area contributed by atoms with E-state index < -0.39 is 17.5 Å². The van der Waals surface area contributed by atoms with Crippen LogP contribution in [-0.4, -0.2) is 65.3 Å². The molecule has 3 rings (SSSR count). The third kappa shape index (κ3) is 4.02. The molecular weight excluding hydrogens is 374 g/mol. The molecule has 1 amide bonds.